The maximum atomic E-state index is 11.8. The topological polar surface area (TPSA) is 47.5 Å². The molecule has 0 aromatic carbocycles. The number of furan rings is 1. The highest BCUT2D eigenvalue weighted by Gasteiger charge is 2.21. The van der Waals surface area contributed by atoms with Crippen molar-refractivity contribution >= 4 is 22.4 Å². The van der Waals surface area contributed by atoms with E-state index in [1.54, 1.807) is 22.9 Å². The smallest absolute Gasteiger partial charge is 0.255 e. The van der Waals surface area contributed by atoms with E-state index in [0.717, 1.165) is 11.1 Å². The van der Waals surface area contributed by atoms with Crippen molar-refractivity contribution in [3.63, 3.8) is 0 Å². The average molecular weight is 275 g/mol. The fourth-order valence-electron chi connectivity index (χ4n) is 2.28. The minimum Gasteiger partial charge on any atom is -0.463 e. The molecule has 0 radical (unpaired) electrons. The quantitative estimate of drug-likeness (QED) is 0.687. The van der Waals surface area contributed by atoms with Crippen molar-refractivity contribution in [2.24, 2.45) is 0 Å². The third-order valence-electron chi connectivity index (χ3n) is 3.09. The van der Waals surface area contributed by atoms with Crippen LogP contribution in [0.1, 0.15) is 22.8 Å². The number of hydrogen-bond acceptors (Lipinski definition) is 3. The summed E-state index contributed by atoms with van der Waals surface area (Å²) in [5.74, 6) is 0.536. The largest absolute Gasteiger partial charge is 0.463 e. The van der Waals surface area contributed by atoms with E-state index >= 15 is 0 Å². The number of hydrogen-bond donors (Lipinski definition) is 0. The summed E-state index contributed by atoms with van der Waals surface area (Å²) in [7, 11) is 0. The van der Waals surface area contributed by atoms with E-state index in [2.05, 4.69) is 5.10 Å². The molecule has 0 saturated heterocycles. The van der Waals surface area contributed by atoms with Crippen LogP contribution in [0.15, 0.2) is 41.1 Å². The highest BCUT2D eigenvalue weighted by Crippen LogP contribution is 2.29. The predicted octanol–water partition coefficient (Wildman–Crippen LogP) is 3.54. The van der Waals surface area contributed by atoms with E-state index in [-0.39, 0.29) is 0 Å². The summed E-state index contributed by atoms with van der Waals surface area (Å²) >= 11 is 5.75. The van der Waals surface area contributed by atoms with Crippen LogP contribution in [0.25, 0.3) is 17.0 Å². The Morgan fingerprint density at radius 1 is 1.42 bits per heavy atom. The third-order valence-corrected chi connectivity index (χ3v) is 3.28. The highest BCUT2D eigenvalue weighted by molar-refractivity contribution is 6.68. The van der Waals surface area contributed by atoms with Crippen LogP contribution in [-0.4, -0.2) is 14.9 Å². The first-order chi connectivity index (χ1) is 9.22. The third kappa shape index (κ3) is 1.85. The standard InChI is InChI=1S/C14H11ClN2O2/c1-2-9-10-5-3-7-17(10)16-13(12(9)14(15)18)11-6-4-8-19-11/h3-8H,2H2,1H3. The van der Waals surface area contributed by atoms with Gasteiger partial charge in [0.1, 0.15) is 5.69 Å². The molecule has 0 fully saturated rings. The van der Waals surface area contributed by atoms with Crippen molar-refractivity contribution in [1.29, 1.82) is 0 Å². The molecule has 0 unspecified atom stereocenters. The molecule has 3 rings (SSSR count). The second-order valence-electron chi connectivity index (χ2n) is 4.14. The van der Waals surface area contributed by atoms with Crippen molar-refractivity contribution in [3.8, 4) is 11.5 Å². The molecule has 0 saturated carbocycles. The molecule has 0 amide bonds. The van der Waals surface area contributed by atoms with E-state index in [1.807, 2.05) is 25.3 Å². The molecule has 5 heteroatoms. The first kappa shape index (κ1) is 12.0. The molecular formula is C14H11ClN2O2. The van der Waals surface area contributed by atoms with Crippen LogP contribution in [0.3, 0.4) is 0 Å². The van der Waals surface area contributed by atoms with Gasteiger partial charge < -0.3 is 4.42 Å². The average Bonchev–Trinajstić information content (AvgIpc) is 3.06. The fraction of sp³-hybridized carbons (Fsp3) is 0.143. The molecule has 0 aliphatic rings. The van der Waals surface area contributed by atoms with Gasteiger partial charge in [-0.2, -0.15) is 5.10 Å². The lowest BCUT2D eigenvalue weighted by molar-refractivity contribution is 0.108. The summed E-state index contributed by atoms with van der Waals surface area (Å²) in [6.45, 7) is 1.98. The van der Waals surface area contributed by atoms with Gasteiger partial charge in [0.25, 0.3) is 5.24 Å². The number of halogens is 1. The lowest BCUT2D eigenvalue weighted by atomic mass is 10.0. The minimum atomic E-state index is -0.514. The van der Waals surface area contributed by atoms with E-state index < -0.39 is 5.24 Å². The monoisotopic (exact) mass is 274 g/mol. The Morgan fingerprint density at radius 2 is 2.26 bits per heavy atom. The van der Waals surface area contributed by atoms with Gasteiger partial charge >= 0.3 is 0 Å². The molecule has 4 nitrogen and oxygen atoms in total. The van der Waals surface area contributed by atoms with Crippen LogP contribution in [0.5, 0.6) is 0 Å². The molecule has 96 valence electrons. The zero-order chi connectivity index (χ0) is 13.4. The Bertz CT molecular complexity index is 744. The first-order valence-corrected chi connectivity index (χ1v) is 6.34. The molecule has 19 heavy (non-hydrogen) atoms. The molecule has 3 aromatic heterocycles. The van der Waals surface area contributed by atoms with Crippen molar-refractivity contribution in [1.82, 2.24) is 9.61 Å². The molecule has 0 atom stereocenters. The Balaban J connectivity index is 2.42. The summed E-state index contributed by atoms with van der Waals surface area (Å²) in [5.41, 5.74) is 2.67. The number of nitrogens with zero attached hydrogens (tertiary/aromatic N) is 2. The van der Waals surface area contributed by atoms with E-state index in [1.165, 1.54) is 0 Å². The SMILES string of the molecule is CCc1c(C(=O)Cl)c(-c2ccco2)nn2cccc12. The van der Waals surface area contributed by atoms with Crippen LogP contribution < -0.4 is 0 Å². The number of aryl methyl sites for hydroxylation is 1. The Hall–Kier alpha value is -2.07. The van der Waals surface area contributed by atoms with Crippen molar-refractivity contribution in [2.45, 2.75) is 13.3 Å². The van der Waals surface area contributed by atoms with Gasteiger partial charge in [-0.3, -0.25) is 4.79 Å². The van der Waals surface area contributed by atoms with Gasteiger partial charge in [-0.25, -0.2) is 4.52 Å². The molecule has 0 aliphatic heterocycles. The Morgan fingerprint density at radius 3 is 2.89 bits per heavy atom. The van der Waals surface area contributed by atoms with Crippen molar-refractivity contribution in [3.05, 3.63) is 47.9 Å². The number of carbonyl (C=O) groups excluding carboxylic acids is 1. The van der Waals surface area contributed by atoms with Gasteiger partial charge in [-0.1, -0.05) is 6.92 Å². The van der Waals surface area contributed by atoms with Gasteiger partial charge in [-0.15, -0.1) is 0 Å². The zero-order valence-corrected chi connectivity index (χ0v) is 11.0. The van der Waals surface area contributed by atoms with Gasteiger partial charge in [0.05, 0.1) is 17.3 Å². The van der Waals surface area contributed by atoms with Crippen molar-refractivity contribution < 1.29 is 9.21 Å². The van der Waals surface area contributed by atoms with Crippen LogP contribution in [0.4, 0.5) is 0 Å². The minimum absolute atomic E-state index is 0.422. The summed E-state index contributed by atoms with van der Waals surface area (Å²) in [4.78, 5) is 11.8. The molecular weight excluding hydrogens is 264 g/mol. The number of fused-ring (bicyclic) bond motifs is 1. The summed E-state index contributed by atoms with van der Waals surface area (Å²) in [5, 5.41) is 3.91. The highest BCUT2D eigenvalue weighted by atomic mass is 35.5. The van der Waals surface area contributed by atoms with Crippen LogP contribution in [-0.2, 0) is 6.42 Å². The molecule has 3 heterocycles. The number of rotatable bonds is 3. The van der Waals surface area contributed by atoms with Crippen LogP contribution in [0.2, 0.25) is 0 Å². The Kier molecular flexibility index (Phi) is 2.87. The molecule has 0 bridgehead atoms. The molecule has 3 aromatic rings. The van der Waals surface area contributed by atoms with Gasteiger partial charge in [0, 0.05) is 6.20 Å². The number of carbonyl (C=O) groups is 1. The Labute approximate surface area is 114 Å². The van der Waals surface area contributed by atoms with Gasteiger partial charge in [0.15, 0.2) is 5.76 Å². The van der Waals surface area contributed by atoms with E-state index in [9.17, 15) is 4.79 Å². The first-order valence-electron chi connectivity index (χ1n) is 5.96. The second kappa shape index (κ2) is 4.55. The summed E-state index contributed by atoms with van der Waals surface area (Å²) < 4.78 is 7.08. The van der Waals surface area contributed by atoms with Gasteiger partial charge in [-0.05, 0) is 47.9 Å². The summed E-state index contributed by atoms with van der Waals surface area (Å²) in [6.07, 6.45) is 4.08. The predicted molar refractivity (Wildman–Crippen MR) is 72.5 cm³/mol. The summed E-state index contributed by atoms with van der Waals surface area (Å²) in [6, 6.07) is 7.32. The van der Waals surface area contributed by atoms with E-state index in [0.29, 0.717) is 23.4 Å². The maximum Gasteiger partial charge on any atom is 0.255 e. The lowest BCUT2D eigenvalue weighted by Crippen LogP contribution is -2.07. The van der Waals surface area contributed by atoms with E-state index in [4.69, 9.17) is 16.0 Å². The number of aromatic nitrogens is 2. The van der Waals surface area contributed by atoms with Gasteiger partial charge in [0.2, 0.25) is 0 Å². The maximum absolute atomic E-state index is 11.8. The second-order valence-corrected chi connectivity index (χ2v) is 4.49. The van der Waals surface area contributed by atoms with Crippen LogP contribution >= 0.6 is 11.6 Å². The molecule has 0 spiro atoms. The lowest BCUT2D eigenvalue weighted by Gasteiger charge is -2.10. The fourth-order valence-corrected chi connectivity index (χ4v) is 2.49. The van der Waals surface area contributed by atoms with Crippen molar-refractivity contribution in [2.75, 3.05) is 0 Å². The zero-order valence-electron chi connectivity index (χ0n) is 10.3. The molecule has 0 aliphatic carbocycles. The normalized spacial score (nSPS) is 11.1. The van der Waals surface area contributed by atoms with Crippen LogP contribution in [0, 0.1) is 0 Å². The molecule has 0 N–H and O–H groups in total.